The third-order valence-corrected chi connectivity index (χ3v) is 5.26. The topological polar surface area (TPSA) is 162 Å². The minimum Gasteiger partial charge on any atom is -0.463 e. The molecule has 0 N–H and O–H groups in total. The number of ether oxygens (including phenoxy) is 7. The quantitative estimate of drug-likeness (QED) is 0.134. The van der Waals surface area contributed by atoms with Crippen LogP contribution in [0, 0.1) is 0 Å². The molecule has 2 rings (SSSR count). The highest BCUT2D eigenvalue weighted by Crippen LogP contribution is 2.30. The van der Waals surface area contributed by atoms with Gasteiger partial charge < -0.3 is 38.0 Å². The van der Waals surface area contributed by atoms with Gasteiger partial charge in [0.15, 0.2) is 24.6 Å². The molecule has 14 nitrogen and oxygen atoms in total. The van der Waals surface area contributed by atoms with Gasteiger partial charge in [-0.25, -0.2) is 4.79 Å². The van der Waals surface area contributed by atoms with E-state index in [1.807, 2.05) is 0 Å². The number of hydrogen-bond donors (Lipinski definition) is 0. The van der Waals surface area contributed by atoms with E-state index in [1.165, 1.54) is 12.0 Å². The molecule has 0 amide bonds. The Morgan fingerprint density at radius 1 is 0.775 bits per heavy atom. The van der Waals surface area contributed by atoms with Gasteiger partial charge in [-0.3, -0.25) is 19.2 Å². The third-order valence-electron chi connectivity index (χ3n) is 5.26. The van der Waals surface area contributed by atoms with E-state index in [2.05, 4.69) is 0 Å². The van der Waals surface area contributed by atoms with E-state index in [4.69, 9.17) is 38.0 Å². The summed E-state index contributed by atoms with van der Waals surface area (Å²) >= 11 is 0. The second-order valence-electron chi connectivity index (χ2n) is 8.65. The maximum absolute atomic E-state index is 12.1. The minimum absolute atomic E-state index is 0.0543. The molecule has 1 aliphatic rings. The van der Waals surface area contributed by atoms with Crippen LogP contribution in [0.15, 0.2) is 30.3 Å². The molecule has 1 saturated heterocycles. The summed E-state index contributed by atoms with van der Waals surface area (Å²) in [4.78, 5) is 64.2. The van der Waals surface area contributed by atoms with Gasteiger partial charge in [0.2, 0.25) is 0 Å². The van der Waals surface area contributed by atoms with Crippen LogP contribution in [0.4, 0.5) is 0 Å². The second-order valence-corrected chi connectivity index (χ2v) is 8.65. The molecule has 1 aromatic carbocycles. The Morgan fingerprint density at radius 3 is 1.98 bits per heavy atom. The minimum atomic E-state index is -1.32. The largest absolute Gasteiger partial charge is 0.463 e. The molecular weight excluding hydrogens is 534 g/mol. The predicted molar refractivity (Wildman–Crippen MR) is 133 cm³/mol. The first-order chi connectivity index (χ1) is 19.0. The summed E-state index contributed by atoms with van der Waals surface area (Å²) in [7, 11) is 1.58. The SMILES string of the molecule is CC(=O)OC[C@H]1O[C@@H](OCCOCCN(C)OC(=O)c2ccccc2)[C@H](OC(C)=O)[C@@H](OC(C)=O)[C@@H]1OC(C)=O. The van der Waals surface area contributed by atoms with Crippen molar-refractivity contribution in [2.75, 3.05) is 40.0 Å². The number of hydroxylamine groups is 2. The lowest BCUT2D eigenvalue weighted by Crippen LogP contribution is -2.63. The first-order valence-electron chi connectivity index (χ1n) is 12.5. The molecule has 0 aromatic heterocycles. The standard InChI is InChI=1S/C26H35NO13/c1-16(28)35-15-21-22(36-17(2)29)23(37-18(3)30)24(38-19(4)31)26(39-21)34-14-13-33-12-11-27(5)40-25(32)20-9-7-6-8-10-20/h6-10,21-24,26H,11-15H2,1-5H3/t21-,22-,23+,24-,26-/m1/s1. The van der Waals surface area contributed by atoms with Crippen molar-refractivity contribution in [2.24, 2.45) is 0 Å². The smallest absolute Gasteiger partial charge is 0.357 e. The Bertz CT molecular complexity index is 1000. The zero-order valence-electron chi connectivity index (χ0n) is 23.1. The van der Waals surface area contributed by atoms with Gasteiger partial charge in [-0.1, -0.05) is 18.2 Å². The Labute approximate surface area is 231 Å². The number of carbonyl (C=O) groups excluding carboxylic acids is 5. The highest BCUT2D eigenvalue weighted by molar-refractivity contribution is 5.89. The lowest BCUT2D eigenvalue weighted by Gasteiger charge is -2.44. The molecule has 0 bridgehead atoms. The molecule has 1 fully saturated rings. The van der Waals surface area contributed by atoms with Crippen LogP contribution in [0.1, 0.15) is 38.1 Å². The van der Waals surface area contributed by atoms with Crippen LogP contribution >= 0.6 is 0 Å². The fraction of sp³-hybridized carbons (Fsp3) is 0.577. The highest BCUT2D eigenvalue weighted by atomic mass is 16.7. The zero-order valence-corrected chi connectivity index (χ0v) is 23.1. The number of likely N-dealkylation sites (N-methyl/N-ethyl adjacent to an activating group) is 1. The van der Waals surface area contributed by atoms with Crippen molar-refractivity contribution in [3.63, 3.8) is 0 Å². The molecular formula is C26H35NO13. The van der Waals surface area contributed by atoms with Crippen molar-refractivity contribution < 1.29 is 62.0 Å². The summed E-state index contributed by atoms with van der Waals surface area (Å²) in [5, 5.41) is 1.33. The molecule has 1 heterocycles. The van der Waals surface area contributed by atoms with E-state index in [1.54, 1.807) is 37.4 Å². The monoisotopic (exact) mass is 569 g/mol. The van der Waals surface area contributed by atoms with Crippen molar-refractivity contribution >= 4 is 29.8 Å². The molecule has 0 unspecified atom stereocenters. The third kappa shape index (κ3) is 11.3. The average Bonchev–Trinajstić information content (AvgIpc) is 2.87. The predicted octanol–water partition coefficient (Wildman–Crippen LogP) is 0.807. The number of nitrogens with zero attached hydrogens (tertiary/aromatic N) is 1. The van der Waals surface area contributed by atoms with E-state index < -0.39 is 60.6 Å². The van der Waals surface area contributed by atoms with E-state index in [0.717, 1.165) is 20.8 Å². The number of hydrogen-bond acceptors (Lipinski definition) is 14. The van der Waals surface area contributed by atoms with Crippen LogP contribution in [0.3, 0.4) is 0 Å². The van der Waals surface area contributed by atoms with Crippen molar-refractivity contribution in [1.29, 1.82) is 0 Å². The summed E-state index contributed by atoms with van der Waals surface area (Å²) in [6.45, 7) is 4.67. The molecule has 222 valence electrons. The Morgan fingerprint density at radius 2 is 1.38 bits per heavy atom. The van der Waals surface area contributed by atoms with Crippen LogP contribution in [0.5, 0.6) is 0 Å². The van der Waals surface area contributed by atoms with Gasteiger partial charge in [-0.15, -0.1) is 5.06 Å². The van der Waals surface area contributed by atoms with Crippen molar-refractivity contribution in [2.45, 2.75) is 58.4 Å². The van der Waals surface area contributed by atoms with E-state index in [-0.39, 0.29) is 33.0 Å². The summed E-state index contributed by atoms with van der Waals surface area (Å²) < 4.78 is 38.1. The van der Waals surface area contributed by atoms with Crippen LogP contribution in [0.2, 0.25) is 0 Å². The molecule has 0 aliphatic carbocycles. The van der Waals surface area contributed by atoms with Gasteiger partial charge in [0, 0.05) is 34.7 Å². The molecule has 40 heavy (non-hydrogen) atoms. The molecule has 0 saturated carbocycles. The molecule has 1 aliphatic heterocycles. The summed E-state index contributed by atoms with van der Waals surface area (Å²) in [5.41, 5.74) is 0.411. The summed E-state index contributed by atoms with van der Waals surface area (Å²) in [6, 6.07) is 8.52. The first kappa shape index (κ1) is 32.6. The molecule has 0 radical (unpaired) electrons. The number of benzene rings is 1. The molecule has 14 heteroatoms. The lowest BCUT2D eigenvalue weighted by atomic mass is 9.98. The molecule has 1 aromatic rings. The number of rotatable bonds is 14. The Kier molecular flexibility index (Phi) is 13.5. The number of esters is 4. The first-order valence-corrected chi connectivity index (χ1v) is 12.5. The zero-order chi connectivity index (χ0) is 29.7. The van der Waals surface area contributed by atoms with Gasteiger partial charge in [-0.05, 0) is 12.1 Å². The Balaban J connectivity index is 1.97. The normalized spacial score (nSPS) is 22.2. The van der Waals surface area contributed by atoms with E-state index >= 15 is 0 Å². The van der Waals surface area contributed by atoms with E-state index in [0.29, 0.717) is 5.56 Å². The fourth-order valence-corrected chi connectivity index (χ4v) is 3.66. The lowest BCUT2D eigenvalue weighted by molar-refractivity contribution is -0.309. The molecule has 0 spiro atoms. The average molecular weight is 570 g/mol. The van der Waals surface area contributed by atoms with E-state index in [9.17, 15) is 24.0 Å². The number of carbonyl (C=O) groups is 5. The van der Waals surface area contributed by atoms with Crippen LogP contribution in [-0.4, -0.2) is 106 Å². The van der Waals surface area contributed by atoms with Crippen LogP contribution < -0.4 is 0 Å². The van der Waals surface area contributed by atoms with Crippen molar-refractivity contribution in [3.05, 3.63) is 35.9 Å². The van der Waals surface area contributed by atoms with Crippen molar-refractivity contribution in [3.8, 4) is 0 Å². The van der Waals surface area contributed by atoms with Gasteiger partial charge in [0.25, 0.3) is 0 Å². The van der Waals surface area contributed by atoms with Crippen LogP contribution in [0.25, 0.3) is 0 Å². The second kappa shape index (κ2) is 16.5. The maximum Gasteiger partial charge on any atom is 0.357 e. The highest BCUT2D eigenvalue weighted by Gasteiger charge is 2.52. The van der Waals surface area contributed by atoms with Gasteiger partial charge in [0.1, 0.15) is 12.7 Å². The van der Waals surface area contributed by atoms with Gasteiger partial charge >= 0.3 is 29.8 Å². The maximum atomic E-state index is 12.1. The van der Waals surface area contributed by atoms with Gasteiger partial charge in [0.05, 0.1) is 31.9 Å². The summed E-state index contributed by atoms with van der Waals surface area (Å²) in [6.07, 6.45) is -6.31. The van der Waals surface area contributed by atoms with Crippen molar-refractivity contribution in [1.82, 2.24) is 5.06 Å². The Hall–Kier alpha value is -3.59. The molecule has 5 atom stereocenters. The fourth-order valence-electron chi connectivity index (χ4n) is 3.66. The summed E-state index contributed by atoms with van der Waals surface area (Å²) in [5.74, 6) is -3.33. The van der Waals surface area contributed by atoms with Gasteiger partial charge in [-0.2, -0.15) is 0 Å². The van der Waals surface area contributed by atoms with Crippen LogP contribution in [-0.2, 0) is 57.2 Å².